The van der Waals surface area contributed by atoms with Gasteiger partial charge in [0, 0.05) is 0 Å². The third-order valence-electron chi connectivity index (χ3n) is 3.62. The van der Waals surface area contributed by atoms with Gasteiger partial charge in [0.05, 0.1) is 11.5 Å². The lowest BCUT2D eigenvalue weighted by molar-refractivity contribution is 0.898. The molecule has 0 amide bonds. The summed E-state index contributed by atoms with van der Waals surface area (Å²) in [6.45, 7) is 0. The van der Waals surface area contributed by atoms with Gasteiger partial charge in [-0.25, -0.2) is 0 Å². The van der Waals surface area contributed by atoms with E-state index >= 15 is 0 Å². The molecule has 14 heavy (non-hydrogen) atoms. The Balaban J connectivity index is 2.06. The summed E-state index contributed by atoms with van der Waals surface area (Å²) in [7, 11) is 0. The molecule has 70 valence electrons. The number of fused-ring (bicyclic) bond motifs is 1. The molecule has 3 rings (SSSR count). The van der Waals surface area contributed by atoms with Gasteiger partial charge in [0.2, 0.25) is 0 Å². The fraction of sp³-hybridized carbons (Fsp3) is 0.462. The summed E-state index contributed by atoms with van der Waals surface area (Å²) in [6, 6.07) is 9.13. The van der Waals surface area contributed by atoms with Gasteiger partial charge in [-0.1, -0.05) is 18.2 Å². The van der Waals surface area contributed by atoms with Gasteiger partial charge in [0.25, 0.3) is 0 Å². The molecule has 0 spiro atoms. The van der Waals surface area contributed by atoms with Crippen LogP contribution in [0.1, 0.15) is 36.0 Å². The third kappa shape index (κ3) is 1.00. The van der Waals surface area contributed by atoms with Gasteiger partial charge >= 0.3 is 0 Å². The first-order chi connectivity index (χ1) is 6.84. The van der Waals surface area contributed by atoms with Crippen LogP contribution in [0.15, 0.2) is 18.2 Å². The van der Waals surface area contributed by atoms with E-state index in [1.165, 1.54) is 36.0 Å². The maximum absolute atomic E-state index is 9.11. The summed E-state index contributed by atoms with van der Waals surface area (Å²) in [5.74, 6) is 0. The minimum Gasteiger partial charge on any atom is -0.197 e. The van der Waals surface area contributed by atoms with Gasteiger partial charge in [-0.2, -0.15) is 5.26 Å². The van der Waals surface area contributed by atoms with E-state index in [2.05, 4.69) is 24.3 Å². The highest BCUT2D eigenvalue weighted by Gasteiger charge is 2.45. The van der Waals surface area contributed by atoms with Crippen LogP contribution in [-0.4, -0.2) is 0 Å². The van der Waals surface area contributed by atoms with Crippen molar-refractivity contribution < 1.29 is 0 Å². The molecule has 0 aromatic heterocycles. The summed E-state index contributed by atoms with van der Waals surface area (Å²) in [6.07, 6.45) is 5.85. The predicted octanol–water partition coefficient (Wildman–Crippen LogP) is 2.73. The van der Waals surface area contributed by atoms with E-state index in [0.717, 1.165) is 12.8 Å². The number of aryl methyl sites for hydroxylation is 2. The summed E-state index contributed by atoms with van der Waals surface area (Å²) in [5.41, 5.74) is 4.16. The van der Waals surface area contributed by atoms with Crippen LogP contribution in [0.2, 0.25) is 0 Å². The monoisotopic (exact) mass is 183 g/mol. The average Bonchev–Trinajstić information content (AvgIpc) is 2.89. The van der Waals surface area contributed by atoms with Crippen LogP contribution in [0.4, 0.5) is 0 Å². The highest BCUT2D eigenvalue weighted by atomic mass is 14.5. The lowest BCUT2D eigenvalue weighted by Gasteiger charge is -2.08. The normalized spacial score (nSPS) is 21.4. The SMILES string of the molecule is N#CC1(c2ccc3c(c2)CCC3)CC1. The molecule has 0 aliphatic heterocycles. The van der Waals surface area contributed by atoms with Crippen LogP contribution < -0.4 is 0 Å². The Morgan fingerprint density at radius 2 is 1.93 bits per heavy atom. The van der Waals surface area contributed by atoms with E-state index in [1.807, 2.05) is 0 Å². The number of nitrogens with zero attached hydrogens (tertiary/aromatic N) is 1. The predicted molar refractivity (Wildman–Crippen MR) is 55.0 cm³/mol. The zero-order valence-electron chi connectivity index (χ0n) is 8.21. The van der Waals surface area contributed by atoms with Crippen molar-refractivity contribution in [2.75, 3.05) is 0 Å². The lowest BCUT2D eigenvalue weighted by Crippen LogP contribution is -2.03. The Hall–Kier alpha value is -1.29. The fourth-order valence-corrected chi connectivity index (χ4v) is 2.46. The first-order valence-electron chi connectivity index (χ1n) is 5.38. The van der Waals surface area contributed by atoms with Gasteiger partial charge in [0.15, 0.2) is 0 Å². The van der Waals surface area contributed by atoms with Gasteiger partial charge < -0.3 is 0 Å². The second-order valence-electron chi connectivity index (χ2n) is 4.53. The Bertz CT molecular complexity index is 421. The van der Waals surface area contributed by atoms with Crippen molar-refractivity contribution in [2.24, 2.45) is 0 Å². The van der Waals surface area contributed by atoms with Crippen LogP contribution in [0.3, 0.4) is 0 Å². The van der Waals surface area contributed by atoms with E-state index in [9.17, 15) is 0 Å². The van der Waals surface area contributed by atoms with Crippen molar-refractivity contribution in [3.63, 3.8) is 0 Å². The molecule has 1 saturated carbocycles. The van der Waals surface area contributed by atoms with Crippen molar-refractivity contribution >= 4 is 0 Å². The van der Waals surface area contributed by atoms with Crippen molar-refractivity contribution in [1.82, 2.24) is 0 Å². The van der Waals surface area contributed by atoms with E-state index in [0.29, 0.717) is 0 Å². The van der Waals surface area contributed by atoms with E-state index < -0.39 is 0 Å². The molecule has 0 heterocycles. The fourth-order valence-electron chi connectivity index (χ4n) is 2.46. The molecule has 0 saturated heterocycles. The zero-order valence-corrected chi connectivity index (χ0v) is 8.21. The van der Waals surface area contributed by atoms with E-state index in [1.54, 1.807) is 0 Å². The smallest absolute Gasteiger partial charge is 0.0823 e. The second-order valence-corrected chi connectivity index (χ2v) is 4.53. The van der Waals surface area contributed by atoms with Crippen LogP contribution in [0, 0.1) is 11.3 Å². The zero-order chi connectivity index (χ0) is 9.60. The maximum atomic E-state index is 9.11. The number of rotatable bonds is 1. The van der Waals surface area contributed by atoms with Crippen LogP contribution in [0.5, 0.6) is 0 Å². The molecule has 2 aliphatic rings. The lowest BCUT2D eigenvalue weighted by atomic mass is 9.94. The Labute approximate surface area is 84.4 Å². The quantitative estimate of drug-likeness (QED) is 0.656. The Morgan fingerprint density at radius 3 is 2.64 bits per heavy atom. The molecule has 0 unspecified atom stereocenters. The summed E-state index contributed by atoms with van der Waals surface area (Å²) < 4.78 is 0. The Morgan fingerprint density at radius 1 is 1.14 bits per heavy atom. The van der Waals surface area contributed by atoms with Gasteiger partial charge in [-0.3, -0.25) is 0 Å². The topological polar surface area (TPSA) is 23.8 Å². The molecule has 0 N–H and O–H groups in total. The number of benzene rings is 1. The maximum Gasteiger partial charge on any atom is 0.0823 e. The highest BCUT2D eigenvalue weighted by Crippen LogP contribution is 2.48. The van der Waals surface area contributed by atoms with Gasteiger partial charge in [0.1, 0.15) is 0 Å². The largest absolute Gasteiger partial charge is 0.197 e. The molecule has 2 aliphatic carbocycles. The van der Waals surface area contributed by atoms with Crippen LogP contribution >= 0.6 is 0 Å². The van der Waals surface area contributed by atoms with E-state index in [-0.39, 0.29) is 5.41 Å². The first-order valence-corrected chi connectivity index (χ1v) is 5.38. The number of hydrogen-bond donors (Lipinski definition) is 0. The molecule has 0 bridgehead atoms. The first kappa shape index (κ1) is 8.05. The van der Waals surface area contributed by atoms with Crippen molar-refractivity contribution in [2.45, 2.75) is 37.5 Å². The summed E-state index contributed by atoms with van der Waals surface area (Å²) in [5, 5.41) is 9.11. The van der Waals surface area contributed by atoms with Crippen molar-refractivity contribution in [1.29, 1.82) is 5.26 Å². The number of hydrogen-bond acceptors (Lipinski definition) is 1. The molecule has 1 nitrogen and oxygen atoms in total. The molecular weight excluding hydrogens is 170 g/mol. The second kappa shape index (κ2) is 2.60. The minimum atomic E-state index is -0.0996. The molecule has 1 fully saturated rings. The van der Waals surface area contributed by atoms with Gasteiger partial charge in [-0.05, 0) is 48.8 Å². The molecule has 1 heteroatoms. The highest BCUT2D eigenvalue weighted by molar-refractivity contribution is 5.44. The molecule has 0 radical (unpaired) electrons. The number of nitriles is 1. The molecule has 0 atom stereocenters. The van der Waals surface area contributed by atoms with Crippen molar-refractivity contribution in [3.05, 3.63) is 34.9 Å². The van der Waals surface area contributed by atoms with Gasteiger partial charge in [-0.15, -0.1) is 0 Å². The molecule has 1 aromatic carbocycles. The summed E-state index contributed by atoms with van der Waals surface area (Å²) in [4.78, 5) is 0. The minimum absolute atomic E-state index is 0.0996. The van der Waals surface area contributed by atoms with Crippen LogP contribution in [-0.2, 0) is 18.3 Å². The van der Waals surface area contributed by atoms with E-state index in [4.69, 9.17) is 5.26 Å². The molecular formula is C13H13N. The average molecular weight is 183 g/mol. The van der Waals surface area contributed by atoms with Crippen molar-refractivity contribution in [3.8, 4) is 6.07 Å². The molecule has 1 aromatic rings. The van der Waals surface area contributed by atoms with Crippen LogP contribution in [0.25, 0.3) is 0 Å². The summed E-state index contributed by atoms with van der Waals surface area (Å²) >= 11 is 0. The Kier molecular flexibility index (Phi) is 1.50. The third-order valence-corrected chi connectivity index (χ3v) is 3.62. The standard InChI is InChI=1S/C13H13N/c14-9-13(6-7-13)12-5-4-10-2-1-3-11(10)8-12/h4-5,8H,1-3,6-7H2.